The number of thioether (sulfide) groups is 2. The highest BCUT2D eigenvalue weighted by atomic mass is 32.2. The molecule has 1 aromatic carbocycles. The molecule has 1 heterocycles. The van der Waals surface area contributed by atoms with Gasteiger partial charge >= 0.3 is 0 Å². The zero-order valence-electron chi connectivity index (χ0n) is 8.48. The molecule has 0 amide bonds. The van der Waals surface area contributed by atoms with E-state index < -0.39 is 0 Å². The van der Waals surface area contributed by atoms with Crippen molar-refractivity contribution >= 4 is 23.5 Å². The summed E-state index contributed by atoms with van der Waals surface area (Å²) in [6, 6.07) is 10.8. The maximum absolute atomic E-state index is 2.35. The van der Waals surface area contributed by atoms with Gasteiger partial charge in [-0.15, -0.1) is 0 Å². The second-order valence-corrected chi connectivity index (χ2v) is 6.32. The molecule has 1 aliphatic rings. The monoisotopic (exact) mass is 226 g/mol. The average Bonchev–Trinajstić information content (AvgIpc) is 2.19. The van der Waals surface area contributed by atoms with E-state index in [1.54, 1.807) is 0 Å². The first-order chi connectivity index (χ1) is 6.79. The van der Waals surface area contributed by atoms with E-state index in [-0.39, 0.29) is 0 Å². The Morgan fingerprint density at radius 1 is 1.14 bits per heavy atom. The first-order valence-electron chi connectivity index (χ1n) is 4.81. The van der Waals surface area contributed by atoms with Gasteiger partial charge in [-0.05, 0) is 0 Å². The molecule has 0 atom stereocenters. The molecular formula is C11H16NS2+. The second kappa shape index (κ2) is 4.60. The zero-order valence-corrected chi connectivity index (χ0v) is 10.1. The molecule has 1 aromatic rings. The summed E-state index contributed by atoms with van der Waals surface area (Å²) >= 11 is 4.11. The van der Waals surface area contributed by atoms with Crippen molar-refractivity contribution in [3.63, 3.8) is 0 Å². The highest BCUT2D eigenvalue weighted by molar-refractivity contribution is 8.16. The Morgan fingerprint density at radius 3 is 2.43 bits per heavy atom. The molecule has 0 unspecified atom stereocenters. The van der Waals surface area contributed by atoms with E-state index in [1.807, 2.05) is 0 Å². The molecule has 0 aliphatic carbocycles. The SMILES string of the molecule is C[N+]1(Cc2ccccc2)CSCSC1. The highest BCUT2D eigenvalue weighted by Crippen LogP contribution is 2.28. The lowest BCUT2D eigenvalue weighted by Gasteiger charge is -2.36. The quantitative estimate of drug-likeness (QED) is 0.711. The van der Waals surface area contributed by atoms with Gasteiger partial charge in [0.1, 0.15) is 18.3 Å². The number of hydrogen-bond donors (Lipinski definition) is 0. The standard InChI is InChI=1S/C11H16NS2/c1-12(8-13-10-14-9-12)7-11-5-3-2-4-6-11/h2-6H,7-10H2,1H3/q+1. The van der Waals surface area contributed by atoms with Crippen molar-refractivity contribution in [2.24, 2.45) is 0 Å². The predicted octanol–water partition coefficient (Wildman–Crippen LogP) is 2.99. The number of rotatable bonds is 2. The first kappa shape index (κ1) is 10.4. The Bertz CT molecular complexity index is 281. The van der Waals surface area contributed by atoms with Crippen LogP contribution < -0.4 is 0 Å². The van der Waals surface area contributed by atoms with Gasteiger partial charge in [0, 0.05) is 10.6 Å². The molecule has 1 nitrogen and oxygen atoms in total. The van der Waals surface area contributed by atoms with Gasteiger partial charge in [0.15, 0.2) is 0 Å². The lowest BCUT2D eigenvalue weighted by Crippen LogP contribution is -2.44. The molecule has 1 aliphatic heterocycles. The molecule has 1 saturated heterocycles. The molecule has 1 fully saturated rings. The van der Waals surface area contributed by atoms with Crippen LogP contribution in [0.4, 0.5) is 0 Å². The van der Waals surface area contributed by atoms with Gasteiger partial charge in [0.2, 0.25) is 0 Å². The summed E-state index contributed by atoms with van der Waals surface area (Å²) < 4.78 is 1.17. The van der Waals surface area contributed by atoms with Crippen molar-refractivity contribution in [1.82, 2.24) is 0 Å². The van der Waals surface area contributed by atoms with Crippen LogP contribution >= 0.6 is 23.5 Å². The van der Waals surface area contributed by atoms with Crippen LogP contribution in [0.2, 0.25) is 0 Å². The topological polar surface area (TPSA) is 0 Å². The van der Waals surface area contributed by atoms with Gasteiger partial charge in [-0.1, -0.05) is 53.9 Å². The van der Waals surface area contributed by atoms with E-state index >= 15 is 0 Å². The van der Waals surface area contributed by atoms with Crippen molar-refractivity contribution in [3.8, 4) is 0 Å². The van der Waals surface area contributed by atoms with Crippen LogP contribution in [0.25, 0.3) is 0 Å². The fourth-order valence-electron chi connectivity index (χ4n) is 1.73. The Hall–Kier alpha value is -0.120. The minimum absolute atomic E-state index is 1.17. The third kappa shape index (κ3) is 2.69. The summed E-state index contributed by atoms with van der Waals surface area (Å²) in [6.45, 7) is 1.17. The van der Waals surface area contributed by atoms with Gasteiger partial charge in [-0.3, -0.25) is 0 Å². The molecule has 2 rings (SSSR count). The van der Waals surface area contributed by atoms with Crippen LogP contribution in [-0.4, -0.2) is 28.4 Å². The van der Waals surface area contributed by atoms with Crippen LogP contribution in [-0.2, 0) is 6.54 Å². The van der Waals surface area contributed by atoms with Gasteiger partial charge in [-0.2, -0.15) is 0 Å². The highest BCUT2D eigenvalue weighted by Gasteiger charge is 2.25. The van der Waals surface area contributed by atoms with Gasteiger partial charge in [0.05, 0.1) is 7.05 Å². The molecule has 3 heteroatoms. The largest absolute Gasteiger partial charge is 0.305 e. The fraction of sp³-hybridized carbons (Fsp3) is 0.455. The predicted molar refractivity (Wildman–Crippen MR) is 66.1 cm³/mol. The smallest absolute Gasteiger partial charge is 0.127 e. The molecule has 14 heavy (non-hydrogen) atoms. The minimum Gasteiger partial charge on any atom is -0.305 e. The number of nitrogens with zero attached hydrogens (tertiary/aromatic N) is 1. The van der Waals surface area contributed by atoms with Crippen LogP contribution in [0.15, 0.2) is 30.3 Å². The van der Waals surface area contributed by atoms with E-state index in [0.717, 1.165) is 0 Å². The van der Waals surface area contributed by atoms with Gasteiger partial charge < -0.3 is 4.48 Å². The molecule has 76 valence electrons. The summed E-state index contributed by atoms with van der Waals surface area (Å²) in [5, 5.41) is 1.27. The molecule has 0 spiro atoms. The van der Waals surface area contributed by atoms with E-state index in [0.29, 0.717) is 0 Å². The zero-order chi connectivity index (χ0) is 9.86. The maximum atomic E-state index is 2.35. The van der Waals surface area contributed by atoms with E-state index in [4.69, 9.17) is 0 Å². The van der Waals surface area contributed by atoms with Crippen molar-refractivity contribution < 1.29 is 4.48 Å². The van der Waals surface area contributed by atoms with E-state index in [9.17, 15) is 0 Å². The summed E-state index contributed by atoms with van der Waals surface area (Å²) in [5.74, 6) is 2.50. The molecule has 0 bridgehead atoms. The lowest BCUT2D eigenvalue weighted by atomic mass is 10.2. The fourth-order valence-corrected chi connectivity index (χ4v) is 4.16. The van der Waals surface area contributed by atoms with Crippen LogP contribution in [0, 0.1) is 0 Å². The first-order valence-corrected chi connectivity index (χ1v) is 7.12. The molecule has 0 N–H and O–H groups in total. The summed E-state index contributed by atoms with van der Waals surface area (Å²) in [5.41, 5.74) is 1.46. The summed E-state index contributed by atoms with van der Waals surface area (Å²) in [7, 11) is 2.35. The van der Waals surface area contributed by atoms with Crippen LogP contribution in [0.5, 0.6) is 0 Å². The number of quaternary nitrogens is 1. The van der Waals surface area contributed by atoms with Crippen LogP contribution in [0.1, 0.15) is 5.56 Å². The Balaban J connectivity index is 2.02. The summed E-state index contributed by atoms with van der Waals surface area (Å²) in [6.07, 6.45) is 0. The van der Waals surface area contributed by atoms with E-state index in [1.165, 1.54) is 33.4 Å². The van der Waals surface area contributed by atoms with Crippen molar-refractivity contribution in [1.29, 1.82) is 0 Å². The van der Waals surface area contributed by atoms with Crippen LogP contribution in [0.3, 0.4) is 0 Å². The lowest BCUT2D eigenvalue weighted by molar-refractivity contribution is -0.898. The third-order valence-corrected chi connectivity index (χ3v) is 5.32. The Labute approximate surface area is 94.5 Å². The van der Waals surface area contributed by atoms with Gasteiger partial charge in [0.25, 0.3) is 0 Å². The van der Waals surface area contributed by atoms with Crippen molar-refractivity contribution in [3.05, 3.63) is 35.9 Å². The van der Waals surface area contributed by atoms with Crippen molar-refractivity contribution in [2.75, 3.05) is 23.9 Å². The maximum Gasteiger partial charge on any atom is 0.127 e. The molecule has 0 saturated carbocycles. The Morgan fingerprint density at radius 2 is 1.79 bits per heavy atom. The summed E-state index contributed by atoms with van der Waals surface area (Å²) in [4.78, 5) is 0. The number of hydrogen-bond acceptors (Lipinski definition) is 2. The van der Waals surface area contributed by atoms with E-state index in [2.05, 4.69) is 60.9 Å². The van der Waals surface area contributed by atoms with Crippen molar-refractivity contribution in [2.45, 2.75) is 6.54 Å². The second-order valence-electron chi connectivity index (χ2n) is 4.05. The molecule has 0 radical (unpaired) electrons. The van der Waals surface area contributed by atoms with Gasteiger partial charge in [-0.25, -0.2) is 0 Å². The normalized spacial score (nSPS) is 20.6. The molecule has 0 aromatic heterocycles. The minimum atomic E-state index is 1.17. The average molecular weight is 226 g/mol. The Kier molecular flexibility index (Phi) is 3.42. The molecular weight excluding hydrogens is 210 g/mol. The number of benzene rings is 1. The third-order valence-electron chi connectivity index (χ3n) is 2.38.